The van der Waals surface area contributed by atoms with Crippen LogP contribution in [0.5, 0.6) is 0 Å². The van der Waals surface area contributed by atoms with E-state index < -0.39 is 54.0 Å². The maximum absolute atomic E-state index is 13.3. The fourth-order valence-electron chi connectivity index (χ4n) is 4.27. The molecule has 3 amide bonds. The molecule has 3 aromatic rings. The van der Waals surface area contributed by atoms with Gasteiger partial charge in [-0.2, -0.15) is 0 Å². The summed E-state index contributed by atoms with van der Waals surface area (Å²) in [6, 6.07) is 11.6. The summed E-state index contributed by atoms with van der Waals surface area (Å²) >= 11 is 0. The Hall–Kier alpha value is -4.22. The van der Waals surface area contributed by atoms with E-state index in [0.29, 0.717) is 5.56 Å². The fourth-order valence-corrected chi connectivity index (χ4v) is 4.27. The van der Waals surface area contributed by atoms with E-state index in [4.69, 9.17) is 5.73 Å². The highest BCUT2D eigenvalue weighted by Gasteiger charge is 2.33. The molecule has 11 heteroatoms. The van der Waals surface area contributed by atoms with Gasteiger partial charge in [-0.25, -0.2) is 4.79 Å². The number of rotatable bonds is 13. The third-order valence-corrected chi connectivity index (χ3v) is 6.71. The molecule has 11 nitrogen and oxygen atoms in total. The van der Waals surface area contributed by atoms with Gasteiger partial charge in [0.25, 0.3) is 0 Å². The van der Waals surface area contributed by atoms with E-state index in [-0.39, 0.29) is 18.8 Å². The fraction of sp³-hybridized carbons (Fsp3) is 0.379. The Morgan fingerprint density at radius 3 is 2.08 bits per heavy atom. The summed E-state index contributed by atoms with van der Waals surface area (Å²) in [6.45, 7) is 4.86. The van der Waals surface area contributed by atoms with Gasteiger partial charge in [0.15, 0.2) is 0 Å². The zero-order valence-corrected chi connectivity index (χ0v) is 22.8. The molecule has 0 saturated heterocycles. The normalized spacial score (nSPS) is 15.1. The van der Waals surface area contributed by atoms with Crippen LogP contribution in [0.25, 0.3) is 10.9 Å². The number of para-hydroxylation sites is 1. The molecule has 40 heavy (non-hydrogen) atoms. The Morgan fingerprint density at radius 2 is 1.45 bits per heavy atom. The van der Waals surface area contributed by atoms with Crippen molar-refractivity contribution < 1.29 is 29.4 Å². The number of hydrogen-bond donors (Lipinski definition) is 7. The molecule has 2 aromatic carbocycles. The van der Waals surface area contributed by atoms with Crippen LogP contribution in [-0.4, -0.2) is 69.2 Å². The molecule has 1 heterocycles. The zero-order chi connectivity index (χ0) is 29.4. The molecule has 5 atom stereocenters. The molecular formula is C29H37N5O6. The Morgan fingerprint density at radius 1 is 0.825 bits per heavy atom. The number of fused-ring (bicyclic) bond motifs is 1. The molecule has 0 bridgehead atoms. The summed E-state index contributed by atoms with van der Waals surface area (Å²) in [5.74, 6) is -3.58. The van der Waals surface area contributed by atoms with Gasteiger partial charge in [0.1, 0.15) is 18.1 Å². The highest BCUT2D eigenvalue weighted by Crippen LogP contribution is 2.19. The smallest absolute Gasteiger partial charge is 0.326 e. The van der Waals surface area contributed by atoms with Crippen LogP contribution in [0.1, 0.15) is 31.9 Å². The van der Waals surface area contributed by atoms with Gasteiger partial charge in [0.05, 0.1) is 12.1 Å². The highest BCUT2D eigenvalue weighted by atomic mass is 16.4. The highest BCUT2D eigenvalue weighted by molar-refractivity contribution is 5.95. The monoisotopic (exact) mass is 551 g/mol. The minimum atomic E-state index is -1.48. The van der Waals surface area contributed by atoms with Crippen molar-refractivity contribution in [3.63, 3.8) is 0 Å². The van der Waals surface area contributed by atoms with Crippen LogP contribution in [0.3, 0.4) is 0 Å². The van der Waals surface area contributed by atoms with Gasteiger partial charge in [-0.15, -0.1) is 0 Å². The number of carbonyl (C=O) groups excluding carboxylic acids is 3. The Balaban J connectivity index is 1.76. The second-order valence-electron chi connectivity index (χ2n) is 10.2. The number of nitrogens with two attached hydrogens (primary N) is 1. The number of aliphatic carboxylic acids is 1. The Kier molecular flexibility index (Phi) is 10.4. The summed E-state index contributed by atoms with van der Waals surface area (Å²) in [7, 11) is 0. The van der Waals surface area contributed by atoms with E-state index in [2.05, 4.69) is 20.9 Å². The topological polar surface area (TPSA) is 187 Å². The molecule has 0 aliphatic rings. The molecule has 0 aliphatic carbocycles. The first-order chi connectivity index (χ1) is 19.0. The van der Waals surface area contributed by atoms with Crippen molar-refractivity contribution in [1.82, 2.24) is 20.9 Å². The van der Waals surface area contributed by atoms with Crippen LogP contribution in [0.15, 0.2) is 60.8 Å². The predicted molar refractivity (Wildman–Crippen MR) is 150 cm³/mol. The first kappa shape index (κ1) is 30.3. The standard InChI is InChI=1S/C29H37N5O6/c1-16(2)24(30)27(37)32-22(13-18-9-5-4-6-10-18)26(36)34-25(17(3)35)28(38)33-23(29(39)40)14-19-15-31-21-12-8-7-11-20(19)21/h4-12,15-17,22-25,31,35H,13-14,30H2,1-3H3,(H,32,37)(H,33,38)(H,34,36)(H,39,40). The average molecular weight is 552 g/mol. The summed E-state index contributed by atoms with van der Waals surface area (Å²) in [4.78, 5) is 54.3. The lowest BCUT2D eigenvalue weighted by Crippen LogP contribution is -2.60. The van der Waals surface area contributed by atoms with E-state index in [1.54, 1.807) is 44.3 Å². The lowest BCUT2D eigenvalue weighted by Gasteiger charge is -2.27. The number of amides is 3. The van der Waals surface area contributed by atoms with Crippen LogP contribution in [0, 0.1) is 5.92 Å². The number of aromatic nitrogens is 1. The summed E-state index contributed by atoms with van der Waals surface area (Å²) in [5, 5.41) is 28.6. The first-order valence-corrected chi connectivity index (χ1v) is 13.1. The van der Waals surface area contributed by atoms with Crippen molar-refractivity contribution in [3.05, 3.63) is 71.9 Å². The van der Waals surface area contributed by atoms with E-state index in [9.17, 15) is 29.4 Å². The van der Waals surface area contributed by atoms with Crippen LogP contribution in [0.2, 0.25) is 0 Å². The molecule has 8 N–H and O–H groups in total. The minimum Gasteiger partial charge on any atom is -0.480 e. The van der Waals surface area contributed by atoms with Gasteiger partial charge >= 0.3 is 5.97 Å². The van der Waals surface area contributed by atoms with Crippen LogP contribution in [-0.2, 0) is 32.0 Å². The molecule has 0 aliphatic heterocycles. The summed E-state index contributed by atoms with van der Waals surface area (Å²) in [6.07, 6.45) is 0.401. The maximum atomic E-state index is 13.3. The zero-order valence-electron chi connectivity index (χ0n) is 22.8. The van der Waals surface area contributed by atoms with Gasteiger partial charge in [-0.05, 0) is 30.0 Å². The molecule has 3 rings (SSSR count). The van der Waals surface area contributed by atoms with Crippen molar-refractivity contribution in [1.29, 1.82) is 0 Å². The van der Waals surface area contributed by atoms with E-state index in [1.165, 1.54) is 6.92 Å². The SMILES string of the molecule is CC(C)C(N)C(=O)NC(Cc1ccccc1)C(=O)NC(C(=O)NC(Cc1c[nH]c2ccccc12)C(=O)O)C(C)O. The molecule has 0 saturated carbocycles. The third-order valence-electron chi connectivity index (χ3n) is 6.71. The van der Waals surface area contributed by atoms with Gasteiger partial charge in [-0.1, -0.05) is 62.4 Å². The van der Waals surface area contributed by atoms with Crippen molar-refractivity contribution in [2.24, 2.45) is 11.7 Å². The molecule has 0 fully saturated rings. The quantitative estimate of drug-likeness (QED) is 0.164. The number of aromatic amines is 1. The van der Waals surface area contributed by atoms with Crippen molar-refractivity contribution in [2.45, 2.75) is 63.9 Å². The van der Waals surface area contributed by atoms with Crippen LogP contribution >= 0.6 is 0 Å². The number of aliphatic hydroxyl groups is 1. The van der Waals surface area contributed by atoms with E-state index in [0.717, 1.165) is 16.5 Å². The second kappa shape index (κ2) is 13.7. The largest absolute Gasteiger partial charge is 0.480 e. The van der Waals surface area contributed by atoms with Crippen molar-refractivity contribution >= 4 is 34.6 Å². The van der Waals surface area contributed by atoms with Crippen molar-refractivity contribution in [2.75, 3.05) is 0 Å². The van der Waals surface area contributed by atoms with Gasteiger partial charge in [0, 0.05) is 29.9 Å². The Labute approximate surface area is 232 Å². The van der Waals surface area contributed by atoms with Gasteiger partial charge in [0.2, 0.25) is 17.7 Å². The number of carboxylic acids is 1. The lowest BCUT2D eigenvalue weighted by atomic mass is 10.0. The second-order valence-corrected chi connectivity index (χ2v) is 10.2. The number of carbonyl (C=O) groups is 4. The summed E-state index contributed by atoms with van der Waals surface area (Å²) < 4.78 is 0. The van der Waals surface area contributed by atoms with Crippen LogP contribution in [0.4, 0.5) is 0 Å². The lowest BCUT2D eigenvalue weighted by molar-refractivity contribution is -0.143. The molecular weight excluding hydrogens is 514 g/mol. The number of carboxylic acid groups (broad SMARTS) is 1. The predicted octanol–water partition coefficient (Wildman–Crippen LogP) is 0.856. The van der Waals surface area contributed by atoms with E-state index in [1.807, 2.05) is 30.3 Å². The number of nitrogens with one attached hydrogen (secondary N) is 4. The average Bonchev–Trinajstić information content (AvgIpc) is 3.33. The number of H-pyrrole nitrogens is 1. The van der Waals surface area contributed by atoms with Gasteiger partial charge in [-0.3, -0.25) is 14.4 Å². The number of benzene rings is 2. The molecule has 214 valence electrons. The first-order valence-electron chi connectivity index (χ1n) is 13.1. The molecule has 1 aromatic heterocycles. The summed E-state index contributed by atoms with van der Waals surface area (Å²) in [5.41, 5.74) is 8.23. The van der Waals surface area contributed by atoms with Gasteiger partial charge < -0.3 is 36.9 Å². The Bertz CT molecular complexity index is 1320. The number of hydrogen-bond acceptors (Lipinski definition) is 6. The van der Waals surface area contributed by atoms with Crippen LogP contribution < -0.4 is 21.7 Å². The maximum Gasteiger partial charge on any atom is 0.326 e. The minimum absolute atomic E-state index is 0.0225. The third kappa shape index (κ3) is 7.90. The number of aliphatic hydroxyl groups excluding tert-OH is 1. The van der Waals surface area contributed by atoms with E-state index >= 15 is 0 Å². The molecule has 0 radical (unpaired) electrons. The molecule has 0 spiro atoms. The molecule has 5 unspecified atom stereocenters. The van der Waals surface area contributed by atoms with Crippen molar-refractivity contribution in [3.8, 4) is 0 Å².